The van der Waals surface area contributed by atoms with Crippen LogP contribution < -0.4 is 13.7 Å². The zero-order chi connectivity index (χ0) is 16.7. The minimum atomic E-state index is -3.49. The molecule has 0 aromatic heterocycles. The van der Waals surface area contributed by atoms with Crippen LogP contribution in [-0.2, 0) is 16.5 Å². The zero-order valence-corrected chi connectivity index (χ0v) is 14.0. The average Bonchev–Trinajstić information content (AvgIpc) is 2.49. The number of para-hydroxylation sites is 2. The van der Waals surface area contributed by atoms with Gasteiger partial charge in [0.2, 0.25) is 0 Å². The van der Waals surface area contributed by atoms with Crippen LogP contribution in [-0.4, -0.2) is 27.9 Å². The van der Waals surface area contributed by atoms with Crippen molar-refractivity contribution in [3.8, 4) is 17.2 Å². The van der Waals surface area contributed by atoms with Gasteiger partial charge in [-0.15, -0.1) is 0 Å². The SMILES string of the molecule is CCOc1ccccc1OCCc1ccc(OS(C)(=O)=O)cc1. The maximum Gasteiger partial charge on any atom is 0.306 e. The minimum absolute atomic E-state index is 0.304. The Balaban J connectivity index is 1.89. The molecule has 5 nitrogen and oxygen atoms in total. The molecule has 0 spiro atoms. The summed E-state index contributed by atoms with van der Waals surface area (Å²) in [5.41, 5.74) is 1.03. The van der Waals surface area contributed by atoms with Crippen LogP contribution in [0.15, 0.2) is 48.5 Å². The standard InChI is InChI=1S/C17H20O5S/c1-3-20-16-6-4-5-7-17(16)21-13-12-14-8-10-15(11-9-14)22-23(2,18)19/h4-11H,3,12-13H2,1-2H3. The van der Waals surface area contributed by atoms with E-state index >= 15 is 0 Å². The van der Waals surface area contributed by atoms with E-state index in [2.05, 4.69) is 0 Å². The summed E-state index contributed by atoms with van der Waals surface area (Å²) < 4.78 is 38.1. The van der Waals surface area contributed by atoms with E-state index in [0.29, 0.717) is 31.1 Å². The van der Waals surface area contributed by atoms with Crippen LogP contribution in [0.4, 0.5) is 0 Å². The Morgan fingerprint density at radius 2 is 1.52 bits per heavy atom. The van der Waals surface area contributed by atoms with Gasteiger partial charge in [0, 0.05) is 6.42 Å². The first-order valence-electron chi connectivity index (χ1n) is 7.31. The summed E-state index contributed by atoms with van der Waals surface area (Å²) in [7, 11) is -3.49. The molecule has 0 aliphatic heterocycles. The van der Waals surface area contributed by atoms with Crippen LogP contribution >= 0.6 is 0 Å². The molecule has 0 bridgehead atoms. The molecule has 0 heterocycles. The third-order valence-corrected chi connectivity index (χ3v) is 3.46. The lowest BCUT2D eigenvalue weighted by molar-refractivity contribution is 0.279. The third-order valence-electron chi connectivity index (χ3n) is 2.97. The van der Waals surface area contributed by atoms with Gasteiger partial charge in [0.15, 0.2) is 11.5 Å². The predicted octanol–water partition coefficient (Wildman–Crippen LogP) is 3.05. The van der Waals surface area contributed by atoms with E-state index in [1.165, 1.54) is 0 Å². The molecule has 0 radical (unpaired) electrons. The molecule has 0 amide bonds. The van der Waals surface area contributed by atoms with Crippen molar-refractivity contribution in [3.05, 3.63) is 54.1 Å². The molecule has 0 aliphatic rings. The Hall–Kier alpha value is -2.21. The molecule has 6 heteroatoms. The summed E-state index contributed by atoms with van der Waals surface area (Å²) in [6.45, 7) is 3.01. The molecule has 0 saturated heterocycles. The van der Waals surface area contributed by atoms with Crippen molar-refractivity contribution in [2.24, 2.45) is 0 Å². The third kappa shape index (κ3) is 5.83. The summed E-state index contributed by atoms with van der Waals surface area (Å²) in [4.78, 5) is 0. The van der Waals surface area contributed by atoms with Crippen LogP contribution in [0.25, 0.3) is 0 Å². The summed E-state index contributed by atoms with van der Waals surface area (Å²) in [5.74, 6) is 1.75. The number of hydrogen-bond acceptors (Lipinski definition) is 5. The Morgan fingerprint density at radius 3 is 2.09 bits per heavy atom. The van der Waals surface area contributed by atoms with Gasteiger partial charge in [0.25, 0.3) is 0 Å². The van der Waals surface area contributed by atoms with Crippen LogP contribution in [0.5, 0.6) is 17.2 Å². The molecule has 124 valence electrons. The van der Waals surface area contributed by atoms with Gasteiger partial charge in [-0.2, -0.15) is 8.42 Å². The van der Waals surface area contributed by atoms with Crippen LogP contribution in [0.1, 0.15) is 12.5 Å². The van der Waals surface area contributed by atoms with Gasteiger partial charge in [-0.05, 0) is 36.8 Å². The highest BCUT2D eigenvalue weighted by Crippen LogP contribution is 2.26. The largest absolute Gasteiger partial charge is 0.490 e. The molecular weight excluding hydrogens is 316 g/mol. The minimum Gasteiger partial charge on any atom is -0.490 e. The van der Waals surface area contributed by atoms with Gasteiger partial charge >= 0.3 is 10.1 Å². The molecule has 2 aromatic carbocycles. The van der Waals surface area contributed by atoms with Gasteiger partial charge < -0.3 is 13.7 Å². The highest BCUT2D eigenvalue weighted by atomic mass is 32.2. The first-order chi connectivity index (χ1) is 11.0. The first-order valence-corrected chi connectivity index (χ1v) is 9.12. The van der Waals surface area contributed by atoms with Crippen LogP contribution in [0.2, 0.25) is 0 Å². The Morgan fingerprint density at radius 1 is 0.913 bits per heavy atom. The number of rotatable bonds is 8. The summed E-state index contributed by atoms with van der Waals surface area (Å²) in [6.07, 6.45) is 1.71. The van der Waals surface area contributed by atoms with E-state index in [-0.39, 0.29) is 0 Å². The van der Waals surface area contributed by atoms with E-state index < -0.39 is 10.1 Å². The summed E-state index contributed by atoms with van der Waals surface area (Å²) in [6, 6.07) is 14.4. The quantitative estimate of drug-likeness (QED) is 0.693. The smallest absolute Gasteiger partial charge is 0.306 e. The molecule has 0 atom stereocenters. The summed E-state index contributed by atoms with van der Waals surface area (Å²) in [5, 5.41) is 0. The normalized spacial score (nSPS) is 11.0. The molecule has 0 aliphatic carbocycles. The summed E-state index contributed by atoms with van der Waals surface area (Å²) >= 11 is 0. The molecule has 0 saturated carbocycles. The molecule has 2 aromatic rings. The van der Waals surface area contributed by atoms with E-state index in [1.54, 1.807) is 12.1 Å². The maximum absolute atomic E-state index is 11.0. The molecule has 0 unspecified atom stereocenters. The van der Waals surface area contributed by atoms with E-state index in [4.69, 9.17) is 13.7 Å². The van der Waals surface area contributed by atoms with Gasteiger partial charge in [-0.1, -0.05) is 24.3 Å². The fraction of sp³-hybridized carbons (Fsp3) is 0.294. The molecule has 0 N–H and O–H groups in total. The number of hydrogen-bond donors (Lipinski definition) is 0. The fourth-order valence-corrected chi connectivity index (χ4v) is 2.47. The lowest BCUT2D eigenvalue weighted by Crippen LogP contribution is -2.06. The molecule has 2 rings (SSSR count). The van der Waals surface area contributed by atoms with Gasteiger partial charge in [-0.3, -0.25) is 0 Å². The maximum atomic E-state index is 11.0. The van der Waals surface area contributed by atoms with Crippen molar-refractivity contribution in [1.82, 2.24) is 0 Å². The molecule has 23 heavy (non-hydrogen) atoms. The molecule has 0 fully saturated rings. The van der Waals surface area contributed by atoms with Crippen molar-refractivity contribution in [2.75, 3.05) is 19.5 Å². The van der Waals surface area contributed by atoms with Gasteiger partial charge in [-0.25, -0.2) is 0 Å². The van der Waals surface area contributed by atoms with E-state index in [1.807, 2.05) is 43.3 Å². The Labute approximate surface area is 136 Å². The van der Waals surface area contributed by atoms with E-state index in [9.17, 15) is 8.42 Å². The van der Waals surface area contributed by atoms with Gasteiger partial charge in [0.05, 0.1) is 19.5 Å². The lowest BCUT2D eigenvalue weighted by atomic mass is 10.1. The average molecular weight is 336 g/mol. The highest BCUT2D eigenvalue weighted by Gasteiger charge is 2.05. The van der Waals surface area contributed by atoms with Crippen molar-refractivity contribution in [3.63, 3.8) is 0 Å². The second kappa shape index (κ2) is 7.87. The monoisotopic (exact) mass is 336 g/mol. The van der Waals surface area contributed by atoms with Crippen molar-refractivity contribution in [2.45, 2.75) is 13.3 Å². The van der Waals surface area contributed by atoms with Crippen molar-refractivity contribution >= 4 is 10.1 Å². The number of ether oxygens (including phenoxy) is 2. The number of benzene rings is 2. The highest BCUT2D eigenvalue weighted by molar-refractivity contribution is 7.86. The van der Waals surface area contributed by atoms with Crippen molar-refractivity contribution in [1.29, 1.82) is 0 Å². The molecular formula is C17H20O5S. The second-order valence-corrected chi connectivity index (χ2v) is 6.48. The first kappa shape index (κ1) is 17.1. The Kier molecular flexibility index (Phi) is 5.87. The van der Waals surface area contributed by atoms with Crippen LogP contribution in [0, 0.1) is 0 Å². The predicted molar refractivity (Wildman–Crippen MR) is 88.7 cm³/mol. The zero-order valence-electron chi connectivity index (χ0n) is 13.2. The lowest BCUT2D eigenvalue weighted by Gasteiger charge is -2.11. The topological polar surface area (TPSA) is 61.8 Å². The van der Waals surface area contributed by atoms with Crippen molar-refractivity contribution < 1.29 is 22.1 Å². The van der Waals surface area contributed by atoms with E-state index in [0.717, 1.165) is 17.6 Å². The Bertz CT molecular complexity index is 723. The van der Waals surface area contributed by atoms with Crippen LogP contribution in [0.3, 0.4) is 0 Å². The second-order valence-electron chi connectivity index (χ2n) is 4.91. The van der Waals surface area contributed by atoms with Gasteiger partial charge in [0.1, 0.15) is 5.75 Å². The fourth-order valence-electron chi connectivity index (χ4n) is 2.01.